The molecule has 0 amide bonds. The van der Waals surface area contributed by atoms with Gasteiger partial charge < -0.3 is 4.42 Å². The van der Waals surface area contributed by atoms with Gasteiger partial charge in [0.1, 0.15) is 16.7 Å². The minimum absolute atomic E-state index is 0.609. The molecule has 0 N–H and O–H groups in total. The van der Waals surface area contributed by atoms with E-state index in [0.717, 1.165) is 55.4 Å². The number of benzene rings is 4. The first kappa shape index (κ1) is 18.1. The quantitative estimate of drug-likeness (QED) is 0.304. The van der Waals surface area contributed by atoms with E-state index in [1.165, 1.54) is 5.56 Å². The van der Waals surface area contributed by atoms with Crippen LogP contribution in [0.4, 0.5) is 0 Å². The van der Waals surface area contributed by atoms with Crippen LogP contribution in [0.5, 0.6) is 0 Å². The van der Waals surface area contributed by atoms with E-state index in [9.17, 15) is 0 Å². The molecule has 0 spiro atoms. The first-order valence-electron chi connectivity index (χ1n) is 10.9. The summed E-state index contributed by atoms with van der Waals surface area (Å²) in [6, 6.07) is 30.7. The molecule has 0 saturated heterocycles. The summed E-state index contributed by atoms with van der Waals surface area (Å²) in [6.45, 7) is 2.12. The molecule has 0 aliphatic heterocycles. The van der Waals surface area contributed by atoms with Crippen molar-refractivity contribution >= 4 is 44.0 Å². The van der Waals surface area contributed by atoms with E-state index in [1.807, 2.05) is 54.6 Å². The average molecular weight is 426 g/mol. The van der Waals surface area contributed by atoms with Crippen LogP contribution in [0.25, 0.3) is 61.1 Å². The van der Waals surface area contributed by atoms with Crippen molar-refractivity contribution < 1.29 is 4.42 Å². The van der Waals surface area contributed by atoms with Gasteiger partial charge in [-0.1, -0.05) is 60.7 Å². The number of hydrogen-bond donors (Lipinski definition) is 0. The molecular weight excluding hydrogens is 408 g/mol. The van der Waals surface area contributed by atoms with Crippen LogP contribution in [0, 0.1) is 6.92 Å². The van der Waals surface area contributed by atoms with Crippen LogP contribution >= 0.6 is 0 Å². The fourth-order valence-corrected chi connectivity index (χ4v) is 4.76. The maximum absolute atomic E-state index is 6.40. The fraction of sp³-hybridized carbons (Fsp3) is 0.0357. The van der Waals surface area contributed by atoms with Crippen molar-refractivity contribution in [2.45, 2.75) is 6.92 Å². The van der Waals surface area contributed by atoms with Crippen LogP contribution < -0.4 is 0 Å². The zero-order chi connectivity index (χ0) is 21.9. The minimum atomic E-state index is 0.609. The van der Waals surface area contributed by atoms with E-state index in [0.29, 0.717) is 5.65 Å². The molecule has 0 bridgehead atoms. The SMILES string of the molecule is Cc1ccc(-c2nc3nnc4ccccc4c3n2-c2ccccc2)c2oc3ccccc3c12. The molecule has 0 fully saturated rings. The zero-order valence-electron chi connectivity index (χ0n) is 17.9. The highest BCUT2D eigenvalue weighted by Crippen LogP contribution is 2.39. The molecule has 7 rings (SSSR count). The summed E-state index contributed by atoms with van der Waals surface area (Å²) in [5.74, 6) is 0.783. The molecule has 3 heterocycles. The lowest BCUT2D eigenvalue weighted by Gasteiger charge is -2.11. The molecule has 0 unspecified atom stereocenters. The third-order valence-electron chi connectivity index (χ3n) is 6.26. The number of imidazole rings is 1. The topological polar surface area (TPSA) is 56.7 Å². The first-order valence-corrected chi connectivity index (χ1v) is 10.9. The van der Waals surface area contributed by atoms with Gasteiger partial charge in [-0.05, 0) is 42.8 Å². The Labute approximate surface area is 188 Å². The summed E-state index contributed by atoms with van der Waals surface area (Å²) in [5.41, 5.74) is 7.20. The van der Waals surface area contributed by atoms with E-state index < -0.39 is 0 Å². The number of hydrogen-bond acceptors (Lipinski definition) is 4. The number of fused-ring (bicyclic) bond motifs is 6. The molecule has 5 nitrogen and oxygen atoms in total. The first-order chi connectivity index (χ1) is 16.3. The van der Waals surface area contributed by atoms with Gasteiger partial charge in [-0.3, -0.25) is 4.57 Å². The largest absolute Gasteiger partial charge is 0.455 e. The lowest BCUT2D eigenvalue weighted by atomic mass is 10.0. The smallest absolute Gasteiger partial charge is 0.201 e. The summed E-state index contributed by atoms with van der Waals surface area (Å²) in [5, 5.41) is 12.1. The van der Waals surface area contributed by atoms with E-state index in [-0.39, 0.29) is 0 Å². The molecule has 4 aromatic carbocycles. The second-order valence-corrected chi connectivity index (χ2v) is 8.23. The van der Waals surface area contributed by atoms with Crippen molar-refractivity contribution in [3.63, 3.8) is 0 Å². The predicted octanol–water partition coefficient (Wildman–Crippen LogP) is 6.84. The van der Waals surface area contributed by atoms with Gasteiger partial charge in [-0.15, -0.1) is 10.2 Å². The highest BCUT2D eigenvalue weighted by molar-refractivity contribution is 6.11. The van der Waals surface area contributed by atoms with Crippen molar-refractivity contribution in [3.05, 3.63) is 96.6 Å². The molecule has 5 heteroatoms. The Morgan fingerprint density at radius 2 is 1.48 bits per heavy atom. The van der Waals surface area contributed by atoms with Gasteiger partial charge >= 0.3 is 0 Å². The van der Waals surface area contributed by atoms with Crippen LogP contribution in [-0.2, 0) is 0 Å². The molecule has 33 heavy (non-hydrogen) atoms. The van der Waals surface area contributed by atoms with Crippen LogP contribution in [-0.4, -0.2) is 19.7 Å². The lowest BCUT2D eigenvalue weighted by Crippen LogP contribution is -1.98. The van der Waals surface area contributed by atoms with Crippen LogP contribution in [0.3, 0.4) is 0 Å². The fourth-order valence-electron chi connectivity index (χ4n) is 4.76. The van der Waals surface area contributed by atoms with Gasteiger partial charge in [0.25, 0.3) is 0 Å². The Hall–Kier alpha value is -4.51. The van der Waals surface area contributed by atoms with Crippen molar-refractivity contribution in [1.82, 2.24) is 19.7 Å². The van der Waals surface area contributed by atoms with E-state index in [1.54, 1.807) is 0 Å². The maximum Gasteiger partial charge on any atom is 0.201 e. The molecule has 0 aliphatic carbocycles. The van der Waals surface area contributed by atoms with Gasteiger partial charge in [-0.25, -0.2) is 4.98 Å². The Bertz CT molecular complexity index is 1830. The zero-order valence-corrected chi connectivity index (χ0v) is 17.9. The Balaban J connectivity index is 1.67. The third kappa shape index (κ3) is 2.56. The standard InChI is InChI=1S/C28H18N4O/c1-17-15-16-21(26-24(17)20-12-6-8-14-23(20)33-26)28-29-27-25(32(28)18-9-3-2-4-10-18)19-11-5-7-13-22(19)30-31-27/h2-16H,1H3. The second-order valence-electron chi connectivity index (χ2n) is 8.23. The summed E-state index contributed by atoms with van der Waals surface area (Å²) >= 11 is 0. The molecule has 0 radical (unpaired) electrons. The van der Waals surface area contributed by atoms with Gasteiger partial charge in [0.2, 0.25) is 5.65 Å². The summed E-state index contributed by atoms with van der Waals surface area (Å²) in [4.78, 5) is 4.99. The van der Waals surface area contributed by atoms with Crippen molar-refractivity contribution in [2.24, 2.45) is 0 Å². The Morgan fingerprint density at radius 1 is 0.727 bits per heavy atom. The summed E-state index contributed by atoms with van der Waals surface area (Å²) in [7, 11) is 0. The number of aromatic nitrogens is 4. The predicted molar refractivity (Wildman–Crippen MR) is 132 cm³/mol. The van der Waals surface area contributed by atoms with Gasteiger partial charge in [0.05, 0.1) is 11.1 Å². The second kappa shape index (κ2) is 6.74. The lowest BCUT2D eigenvalue weighted by molar-refractivity contribution is 0.669. The van der Waals surface area contributed by atoms with Crippen molar-refractivity contribution in [2.75, 3.05) is 0 Å². The normalized spacial score (nSPS) is 11.8. The summed E-state index contributed by atoms with van der Waals surface area (Å²) < 4.78 is 8.57. The Kier molecular flexibility index (Phi) is 3.70. The van der Waals surface area contributed by atoms with Crippen LogP contribution in [0.2, 0.25) is 0 Å². The van der Waals surface area contributed by atoms with E-state index in [2.05, 4.69) is 58.1 Å². The van der Waals surface area contributed by atoms with Gasteiger partial charge in [0.15, 0.2) is 5.82 Å². The molecule has 0 aliphatic rings. The van der Waals surface area contributed by atoms with Crippen LogP contribution in [0.1, 0.15) is 5.56 Å². The summed E-state index contributed by atoms with van der Waals surface area (Å²) in [6.07, 6.45) is 0. The third-order valence-corrected chi connectivity index (χ3v) is 6.26. The number of rotatable bonds is 2. The monoisotopic (exact) mass is 426 g/mol. The molecule has 7 aromatic rings. The van der Waals surface area contributed by atoms with E-state index in [4.69, 9.17) is 9.40 Å². The van der Waals surface area contributed by atoms with Gasteiger partial charge in [-0.2, -0.15) is 0 Å². The molecule has 3 aromatic heterocycles. The molecule has 156 valence electrons. The highest BCUT2D eigenvalue weighted by Gasteiger charge is 2.22. The Morgan fingerprint density at radius 3 is 2.36 bits per heavy atom. The number of aryl methyl sites for hydroxylation is 1. The van der Waals surface area contributed by atoms with E-state index >= 15 is 0 Å². The molecule has 0 atom stereocenters. The maximum atomic E-state index is 6.40. The number of nitrogens with zero attached hydrogens (tertiary/aromatic N) is 4. The average Bonchev–Trinajstić information content (AvgIpc) is 3.44. The van der Waals surface area contributed by atoms with Crippen LogP contribution in [0.15, 0.2) is 95.4 Å². The molecule has 0 saturated carbocycles. The van der Waals surface area contributed by atoms with Crippen molar-refractivity contribution in [3.8, 4) is 17.1 Å². The number of para-hydroxylation sites is 2. The minimum Gasteiger partial charge on any atom is -0.455 e. The van der Waals surface area contributed by atoms with Crippen molar-refractivity contribution in [1.29, 1.82) is 0 Å². The van der Waals surface area contributed by atoms with Gasteiger partial charge in [0, 0.05) is 21.8 Å². The molecular formula is C28H18N4O. The number of furan rings is 1. The highest BCUT2D eigenvalue weighted by atomic mass is 16.3.